The summed E-state index contributed by atoms with van der Waals surface area (Å²) in [4.78, 5) is 12.1. The van der Waals surface area contributed by atoms with Gasteiger partial charge in [0.15, 0.2) is 0 Å². The topological polar surface area (TPSA) is 37.3 Å². The summed E-state index contributed by atoms with van der Waals surface area (Å²) >= 11 is 0. The van der Waals surface area contributed by atoms with E-state index in [1.165, 1.54) is 32.1 Å². The summed E-state index contributed by atoms with van der Waals surface area (Å²) in [7, 11) is 0. The van der Waals surface area contributed by atoms with Gasteiger partial charge in [0.2, 0.25) is 0 Å². The molecule has 4 rings (SSSR count). The Morgan fingerprint density at radius 2 is 1.77 bits per heavy atom. The largest absolute Gasteiger partial charge is 0.393 e. The Balaban J connectivity index is 1.67. The highest BCUT2D eigenvalue weighted by Gasteiger charge is 2.61. The van der Waals surface area contributed by atoms with Gasteiger partial charge in [-0.25, -0.2) is 0 Å². The van der Waals surface area contributed by atoms with Gasteiger partial charge in [-0.1, -0.05) is 20.8 Å². The first-order valence-electron chi connectivity index (χ1n) is 9.57. The lowest BCUT2D eigenvalue weighted by Gasteiger charge is -2.62. The zero-order valence-electron chi connectivity index (χ0n) is 14.5. The molecule has 2 nitrogen and oxygen atoms in total. The van der Waals surface area contributed by atoms with E-state index in [0.29, 0.717) is 23.0 Å². The fraction of sp³-hybridized carbons (Fsp3) is 0.950. The quantitative estimate of drug-likeness (QED) is 0.728. The summed E-state index contributed by atoms with van der Waals surface area (Å²) in [5, 5.41) is 10.5. The van der Waals surface area contributed by atoms with E-state index in [1.807, 2.05) is 0 Å². The summed E-state index contributed by atoms with van der Waals surface area (Å²) in [6.45, 7) is 7.21. The van der Waals surface area contributed by atoms with E-state index in [2.05, 4.69) is 20.8 Å². The Hall–Kier alpha value is -0.370. The van der Waals surface area contributed by atoms with Gasteiger partial charge in [0.05, 0.1) is 6.10 Å². The number of carbonyl (C=O) groups excluding carboxylic acids is 1. The predicted molar refractivity (Wildman–Crippen MR) is 87.3 cm³/mol. The van der Waals surface area contributed by atoms with Crippen LogP contribution in [0.15, 0.2) is 0 Å². The van der Waals surface area contributed by atoms with Crippen LogP contribution in [0.5, 0.6) is 0 Å². The summed E-state index contributed by atoms with van der Waals surface area (Å²) in [5.41, 5.74) is 0.545. The molecule has 0 radical (unpaired) electrons. The lowest BCUT2D eigenvalue weighted by Crippen LogP contribution is -2.56. The number of Topliss-reactive ketones (excluding diaryl/α,β-unsaturated/α-hetero) is 1. The SMILES string of the molecule is CC1CC(=O)CC2CC[C@@H]3[C@H](CC[C@]4(C)[C@@H](O)CC[C@@H]34)[C@@]12C. The van der Waals surface area contributed by atoms with Crippen LogP contribution in [0, 0.1) is 40.4 Å². The van der Waals surface area contributed by atoms with Crippen molar-refractivity contribution in [3.8, 4) is 0 Å². The molecule has 2 unspecified atom stereocenters. The van der Waals surface area contributed by atoms with Crippen molar-refractivity contribution in [2.24, 2.45) is 40.4 Å². The first kappa shape index (κ1) is 15.2. The molecule has 124 valence electrons. The minimum absolute atomic E-state index is 0.0747. The van der Waals surface area contributed by atoms with E-state index in [1.54, 1.807) is 0 Å². The maximum absolute atomic E-state index is 12.1. The monoisotopic (exact) mass is 304 g/mol. The second-order valence-corrected chi connectivity index (χ2v) is 9.50. The number of rotatable bonds is 0. The Kier molecular flexibility index (Phi) is 3.32. The first-order chi connectivity index (χ1) is 10.4. The van der Waals surface area contributed by atoms with Gasteiger partial charge >= 0.3 is 0 Å². The molecule has 0 aromatic carbocycles. The maximum atomic E-state index is 12.1. The van der Waals surface area contributed by atoms with Crippen LogP contribution < -0.4 is 0 Å². The average Bonchev–Trinajstić information content (AvgIpc) is 2.77. The van der Waals surface area contributed by atoms with E-state index in [9.17, 15) is 9.90 Å². The zero-order valence-corrected chi connectivity index (χ0v) is 14.5. The third kappa shape index (κ3) is 1.79. The van der Waals surface area contributed by atoms with Crippen molar-refractivity contribution in [3.05, 3.63) is 0 Å². The van der Waals surface area contributed by atoms with Crippen LogP contribution in [-0.2, 0) is 4.79 Å². The fourth-order valence-corrected chi connectivity index (χ4v) is 7.45. The molecule has 0 saturated heterocycles. The molecule has 4 saturated carbocycles. The van der Waals surface area contributed by atoms with Crippen LogP contribution in [0.2, 0.25) is 0 Å². The second kappa shape index (κ2) is 4.82. The van der Waals surface area contributed by atoms with E-state index in [-0.39, 0.29) is 11.5 Å². The van der Waals surface area contributed by atoms with E-state index < -0.39 is 0 Å². The number of fused-ring (bicyclic) bond motifs is 5. The smallest absolute Gasteiger partial charge is 0.133 e. The molecule has 1 N–H and O–H groups in total. The first-order valence-corrected chi connectivity index (χ1v) is 9.57. The van der Waals surface area contributed by atoms with Gasteiger partial charge in [-0.05, 0) is 78.9 Å². The minimum atomic E-state index is -0.0747. The standard InChI is InChI=1S/C20H32O2/c1-12-10-14(21)11-13-4-5-15-16-6-7-18(22)19(16,2)9-8-17(15)20(12,13)3/h12-13,15-18,22H,4-11H2,1-3H3/t12?,13?,15-,16-,17-,18-,19-,20-/m0/s1. The normalized spacial score (nSPS) is 57.9. The van der Waals surface area contributed by atoms with Crippen molar-refractivity contribution in [1.29, 1.82) is 0 Å². The van der Waals surface area contributed by atoms with Crippen molar-refractivity contribution < 1.29 is 9.90 Å². The van der Waals surface area contributed by atoms with Crippen LogP contribution in [0.1, 0.15) is 72.1 Å². The highest BCUT2D eigenvalue weighted by atomic mass is 16.3. The molecule has 0 bridgehead atoms. The lowest BCUT2D eigenvalue weighted by atomic mass is 9.43. The molecule has 0 heterocycles. The van der Waals surface area contributed by atoms with Crippen molar-refractivity contribution in [2.45, 2.75) is 78.2 Å². The number of aliphatic hydroxyl groups excluding tert-OH is 1. The van der Waals surface area contributed by atoms with Crippen LogP contribution in [0.4, 0.5) is 0 Å². The Morgan fingerprint density at radius 1 is 1.00 bits per heavy atom. The molecule has 4 fully saturated rings. The van der Waals surface area contributed by atoms with Gasteiger partial charge in [0.25, 0.3) is 0 Å². The minimum Gasteiger partial charge on any atom is -0.393 e. The summed E-state index contributed by atoms with van der Waals surface area (Å²) < 4.78 is 0. The molecule has 0 amide bonds. The zero-order chi connectivity index (χ0) is 15.7. The van der Waals surface area contributed by atoms with Crippen molar-refractivity contribution in [2.75, 3.05) is 0 Å². The molecule has 4 aliphatic carbocycles. The second-order valence-electron chi connectivity index (χ2n) is 9.50. The molecular weight excluding hydrogens is 272 g/mol. The number of hydrogen-bond donors (Lipinski definition) is 1. The van der Waals surface area contributed by atoms with Gasteiger partial charge in [-0.15, -0.1) is 0 Å². The fourth-order valence-electron chi connectivity index (χ4n) is 7.45. The van der Waals surface area contributed by atoms with Crippen LogP contribution in [0.3, 0.4) is 0 Å². The Bertz CT molecular complexity index is 486. The van der Waals surface area contributed by atoms with Gasteiger partial charge in [0, 0.05) is 12.8 Å². The van der Waals surface area contributed by atoms with Gasteiger partial charge in [-0.3, -0.25) is 4.79 Å². The molecule has 0 aromatic rings. The number of carbonyl (C=O) groups is 1. The van der Waals surface area contributed by atoms with E-state index in [0.717, 1.165) is 37.0 Å². The molecule has 0 spiro atoms. The third-order valence-electron chi connectivity index (χ3n) is 8.98. The van der Waals surface area contributed by atoms with Crippen molar-refractivity contribution in [1.82, 2.24) is 0 Å². The van der Waals surface area contributed by atoms with E-state index >= 15 is 0 Å². The van der Waals surface area contributed by atoms with Gasteiger partial charge in [0.1, 0.15) is 5.78 Å². The average molecular weight is 304 g/mol. The van der Waals surface area contributed by atoms with Crippen molar-refractivity contribution >= 4 is 5.78 Å². The molecule has 22 heavy (non-hydrogen) atoms. The Morgan fingerprint density at radius 3 is 2.55 bits per heavy atom. The van der Waals surface area contributed by atoms with Crippen LogP contribution in [0.25, 0.3) is 0 Å². The summed E-state index contributed by atoms with van der Waals surface area (Å²) in [6.07, 6.45) is 8.84. The number of ketones is 1. The summed E-state index contributed by atoms with van der Waals surface area (Å²) in [6, 6.07) is 0. The van der Waals surface area contributed by atoms with Crippen LogP contribution in [-0.4, -0.2) is 17.0 Å². The highest BCUT2D eigenvalue weighted by Crippen LogP contribution is 2.66. The molecule has 8 atom stereocenters. The Labute approximate surface area is 135 Å². The predicted octanol–water partition coefficient (Wildman–Crippen LogP) is 4.21. The lowest BCUT2D eigenvalue weighted by molar-refractivity contribution is -0.154. The molecule has 4 aliphatic rings. The number of hydrogen-bond acceptors (Lipinski definition) is 2. The van der Waals surface area contributed by atoms with Gasteiger partial charge < -0.3 is 5.11 Å². The molecule has 2 heteroatoms. The molecular formula is C20H32O2. The summed E-state index contributed by atoms with van der Waals surface area (Å²) in [5.74, 6) is 3.99. The number of aliphatic hydroxyl groups is 1. The van der Waals surface area contributed by atoms with E-state index in [4.69, 9.17) is 0 Å². The maximum Gasteiger partial charge on any atom is 0.133 e. The highest BCUT2D eigenvalue weighted by molar-refractivity contribution is 5.80. The molecule has 0 aromatic heterocycles. The van der Waals surface area contributed by atoms with Crippen molar-refractivity contribution in [3.63, 3.8) is 0 Å². The van der Waals surface area contributed by atoms with Crippen LogP contribution >= 0.6 is 0 Å². The van der Waals surface area contributed by atoms with Gasteiger partial charge in [-0.2, -0.15) is 0 Å². The third-order valence-corrected chi connectivity index (χ3v) is 8.98. The molecule has 0 aliphatic heterocycles.